The monoisotopic (exact) mass is 686 g/mol. The highest BCUT2D eigenvalue weighted by molar-refractivity contribution is 8.00. The van der Waals surface area contributed by atoms with Crippen LogP contribution in [0.5, 0.6) is 11.5 Å². The molecular formula is C41H66O6S. The molecule has 1 heterocycles. The average Bonchev–Trinajstić information content (AvgIpc) is 3.10. The third-order valence-corrected chi connectivity index (χ3v) is 10.3. The van der Waals surface area contributed by atoms with E-state index < -0.39 is 0 Å². The zero-order chi connectivity index (χ0) is 34.4. The Bertz CT molecular complexity index is 1090. The van der Waals surface area contributed by atoms with Crippen LogP contribution >= 0.6 is 11.8 Å². The van der Waals surface area contributed by atoms with Crippen LogP contribution in [-0.2, 0) is 25.4 Å². The van der Waals surface area contributed by atoms with Gasteiger partial charge in [0.15, 0.2) is 0 Å². The Balaban J connectivity index is 2.06. The Labute approximate surface area is 297 Å². The van der Waals surface area contributed by atoms with Gasteiger partial charge < -0.3 is 28.4 Å². The summed E-state index contributed by atoms with van der Waals surface area (Å²) in [4.78, 5) is 0. The maximum absolute atomic E-state index is 6.90. The standard InChI is InChI=1S/C41H66O6S/c1-7-13-24-42-31-37-38(45-26-15-9-3)39(46-27-16-10-4)40(47-28-17-11-5)41(48-37)35-30-33(20-23-36(35)44-25-14-8-2)29-32-18-21-34(22-19-32)43-12-6/h18-23,30,37-41H,7-17,24-29,31H2,1-6H3/t37-,38-,39+,40-,41+/m1/s1. The van der Waals surface area contributed by atoms with E-state index in [9.17, 15) is 0 Å². The van der Waals surface area contributed by atoms with Crippen LogP contribution in [0.25, 0.3) is 0 Å². The van der Waals surface area contributed by atoms with Gasteiger partial charge in [-0.3, -0.25) is 0 Å². The lowest BCUT2D eigenvalue weighted by Crippen LogP contribution is -2.55. The Hall–Kier alpha value is -1.77. The molecule has 0 N–H and O–H groups in total. The van der Waals surface area contributed by atoms with Gasteiger partial charge in [0.25, 0.3) is 0 Å². The number of benzene rings is 2. The van der Waals surface area contributed by atoms with Crippen LogP contribution in [-0.4, -0.2) is 69.8 Å². The first kappa shape index (κ1) is 40.7. The van der Waals surface area contributed by atoms with Crippen molar-refractivity contribution in [2.24, 2.45) is 0 Å². The van der Waals surface area contributed by atoms with E-state index in [0.29, 0.717) is 33.0 Å². The van der Waals surface area contributed by atoms with Crippen molar-refractivity contribution in [1.82, 2.24) is 0 Å². The molecule has 0 saturated carbocycles. The number of rotatable bonds is 26. The van der Waals surface area contributed by atoms with Gasteiger partial charge in [0.05, 0.1) is 30.3 Å². The summed E-state index contributed by atoms with van der Waals surface area (Å²) in [5, 5.41) is 0.121. The van der Waals surface area contributed by atoms with Gasteiger partial charge in [0.1, 0.15) is 29.8 Å². The van der Waals surface area contributed by atoms with E-state index in [1.54, 1.807) is 0 Å². The topological polar surface area (TPSA) is 55.4 Å². The lowest BCUT2D eigenvalue weighted by atomic mass is 9.93. The second-order valence-electron chi connectivity index (χ2n) is 12.9. The molecule has 7 heteroatoms. The van der Waals surface area contributed by atoms with Gasteiger partial charge in [-0.05, 0) is 74.8 Å². The van der Waals surface area contributed by atoms with Gasteiger partial charge >= 0.3 is 0 Å². The lowest BCUT2D eigenvalue weighted by Gasteiger charge is -2.46. The van der Waals surface area contributed by atoms with Crippen LogP contribution in [0.3, 0.4) is 0 Å². The lowest BCUT2D eigenvalue weighted by molar-refractivity contribution is -0.149. The number of hydrogen-bond donors (Lipinski definition) is 0. The zero-order valence-electron chi connectivity index (χ0n) is 31.0. The zero-order valence-corrected chi connectivity index (χ0v) is 31.8. The van der Waals surface area contributed by atoms with Crippen molar-refractivity contribution in [2.75, 3.05) is 46.2 Å². The molecule has 0 spiro atoms. The fourth-order valence-electron chi connectivity index (χ4n) is 5.90. The second kappa shape index (κ2) is 24.4. The third kappa shape index (κ3) is 13.5. The quantitative estimate of drug-likeness (QED) is 0.0913. The van der Waals surface area contributed by atoms with Gasteiger partial charge in [-0.15, -0.1) is 11.8 Å². The molecular weight excluding hydrogens is 621 g/mol. The maximum Gasteiger partial charge on any atom is 0.123 e. The highest BCUT2D eigenvalue weighted by Gasteiger charge is 2.49. The number of thioether (sulfide) groups is 1. The van der Waals surface area contributed by atoms with Gasteiger partial charge in [-0.2, -0.15) is 0 Å². The van der Waals surface area contributed by atoms with E-state index in [4.69, 9.17) is 28.4 Å². The van der Waals surface area contributed by atoms with E-state index in [2.05, 4.69) is 77.1 Å². The Morgan fingerprint density at radius 2 is 1.12 bits per heavy atom. The molecule has 48 heavy (non-hydrogen) atoms. The van der Waals surface area contributed by atoms with Crippen molar-refractivity contribution in [3.63, 3.8) is 0 Å². The van der Waals surface area contributed by atoms with Crippen LogP contribution in [0.4, 0.5) is 0 Å². The van der Waals surface area contributed by atoms with Crippen molar-refractivity contribution in [2.45, 2.75) is 141 Å². The van der Waals surface area contributed by atoms with Crippen molar-refractivity contribution >= 4 is 11.8 Å². The van der Waals surface area contributed by atoms with Crippen LogP contribution in [0.15, 0.2) is 42.5 Å². The predicted molar refractivity (Wildman–Crippen MR) is 201 cm³/mol. The molecule has 1 aliphatic rings. The smallest absolute Gasteiger partial charge is 0.123 e. The van der Waals surface area contributed by atoms with Crippen LogP contribution < -0.4 is 9.47 Å². The van der Waals surface area contributed by atoms with Gasteiger partial charge in [-0.1, -0.05) is 91.0 Å². The fraction of sp³-hybridized carbons (Fsp3) is 0.707. The highest BCUT2D eigenvalue weighted by atomic mass is 32.2. The summed E-state index contributed by atoms with van der Waals surface area (Å²) in [6.07, 6.45) is 10.9. The average molecular weight is 687 g/mol. The van der Waals surface area contributed by atoms with Crippen molar-refractivity contribution in [3.05, 3.63) is 59.2 Å². The van der Waals surface area contributed by atoms with E-state index >= 15 is 0 Å². The molecule has 0 aliphatic carbocycles. The molecule has 0 unspecified atom stereocenters. The summed E-state index contributed by atoms with van der Waals surface area (Å²) in [6, 6.07) is 15.2. The first-order valence-corrected chi connectivity index (χ1v) is 20.1. The van der Waals surface area contributed by atoms with Gasteiger partial charge in [-0.25, -0.2) is 0 Å². The molecule has 0 amide bonds. The molecule has 2 aromatic rings. The van der Waals surface area contributed by atoms with E-state index in [0.717, 1.165) is 95.3 Å². The second-order valence-corrected chi connectivity index (χ2v) is 14.3. The first-order chi connectivity index (χ1) is 23.6. The molecule has 0 radical (unpaired) electrons. The summed E-state index contributed by atoms with van der Waals surface area (Å²) in [5.74, 6) is 1.85. The van der Waals surface area contributed by atoms with Gasteiger partial charge in [0.2, 0.25) is 0 Å². The highest BCUT2D eigenvalue weighted by Crippen LogP contribution is 2.49. The first-order valence-electron chi connectivity index (χ1n) is 19.1. The van der Waals surface area contributed by atoms with Crippen molar-refractivity contribution in [1.29, 1.82) is 0 Å². The Morgan fingerprint density at radius 3 is 1.75 bits per heavy atom. The SMILES string of the molecule is CCCCOC[C@H]1S[C@@H](c2cc(Cc3ccc(OCC)cc3)ccc2OCCCC)[C@H](OCCCC)[C@@H](OCCCC)[C@@H]1OCCCC. The maximum atomic E-state index is 6.90. The number of hydrogen-bond acceptors (Lipinski definition) is 7. The summed E-state index contributed by atoms with van der Waals surface area (Å²) < 4.78 is 39.1. The molecule has 1 fully saturated rings. The minimum atomic E-state index is -0.199. The molecule has 5 atom stereocenters. The molecule has 272 valence electrons. The normalized spacial score (nSPS) is 21.0. The Morgan fingerprint density at radius 1 is 0.562 bits per heavy atom. The predicted octanol–water partition coefficient (Wildman–Crippen LogP) is 10.4. The summed E-state index contributed by atoms with van der Waals surface area (Å²) in [7, 11) is 0. The third-order valence-electron chi connectivity index (χ3n) is 8.76. The van der Waals surface area contributed by atoms with Crippen molar-refractivity contribution in [3.8, 4) is 11.5 Å². The minimum absolute atomic E-state index is 0.0104. The van der Waals surface area contributed by atoms with Crippen LogP contribution in [0.2, 0.25) is 0 Å². The number of unbranched alkanes of at least 4 members (excludes halogenated alkanes) is 5. The van der Waals surface area contributed by atoms with E-state index in [-0.39, 0.29) is 28.8 Å². The van der Waals surface area contributed by atoms with E-state index in [1.807, 2.05) is 18.7 Å². The molecule has 1 saturated heterocycles. The molecule has 2 aromatic carbocycles. The Kier molecular flexibility index (Phi) is 20.7. The minimum Gasteiger partial charge on any atom is -0.494 e. The molecule has 3 rings (SSSR count). The van der Waals surface area contributed by atoms with Crippen LogP contribution in [0, 0.1) is 0 Å². The molecule has 1 aliphatic heterocycles. The largest absolute Gasteiger partial charge is 0.494 e. The van der Waals surface area contributed by atoms with Crippen molar-refractivity contribution < 1.29 is 28.4 Å². The summed E-state index contributed by atoms with van der Waals surface area (Å²) in [6.45, 7) is 18.0. The number of ether oxygens (including phenoxy) is 6. The van der Waals surface area contributed by atoms with Crippen LogP contribution in [0.1, 0.15) is 128 Å². The fourth-order valence-corrected chi connectivity index (χ4v) is 7.56. The summed E-state index contributed by atoms with van der Waals surface area (Å²) in [5.41, 5.74) is 3.70. The molecule has 0 bridgehead atoms. The van der Waals surface area contributed by atoms with Gasteiger partial charge in [0, 0.05) is 32.0 Å². The van der Waals surface area contributed by atoms with E-state index in [1.165, 1.54) is 16.7 Å². The molecule has 6 nitrogen and oxygen atoms in total. The molecule has 0 aromatic heterocycles. The summed E-state index contributed by atoms with van der Waals surface area (Å²) >= 11 is 1.94.